The quantitative estimate of drug-likeness (QED) is 0.479. The van der Waals surface area contributed by atoms with Crippen molar-refractivity contribution in [3.05, 3.63) is 59.2 Å². The van der Waals surface area contributed by atoms with Gasteiger partial charge in [-0.15, -0.1) is 0 Å². The molecule has 0 aliphatic rings. The van der Waals surface area contributed by atoms with Crippen LogP contribution in [0.1, 0.15) is 43.4 Å². The molecule has 0 saturated carbocycles. The van der Waals surface area contributed by atoms with E-state index in [1.165, 1.54) is 4.90 Å². The minimum absolute atomic E-state index is 0.138. The Morgan fingerprint density at radius 1 is 1.06 bits per heavy atom. The Labute approximate surface area is 209 Å². The number of nitrogens with zero attached hydrogens (tertiary/aromatic N) is 2. The lowest BCUT2D eigenvalue weighted by Crippen LogP contribution is -2.52. The van der Waals surface area contributed by atoms with E-state index in [1.54, 1.807) is 31.4 Å². The van der Waals surface area contributed by atoms with Crippen LogP contribution in [0, 0.1) is 13.8 Å². The Bertz CT molecular complexity index is 1130. The second-order valence-electron chi connectivity index (χ2n) is 8.63. The van der Waals surface area contributed by atoms with E-state index >= 15 is 0 Å². The molecule has 2 amide bonds. The number of rotatable bonds is 12. The first-order chi connectivity index (χ1) is 16.5. The van der Waals surface area contributed by atoms with Gasteiger partial charge in [0.1, 0.15) is 18.3 Å². The first-order valence-electron chi connectivity index (χ1n) is 11.8. The molecule has 8 nitrogen and oxygen atoms in total. The van der Waals surface area contributed by atoms with Crippen molar-refractivity contribution < 1.29 is 22.7 Å². The van der Waals surface area contributed by atoms with Crippen molar-refractivity contribution in [2.45, 2.75) is 53.1 Å². The largest absolute Gasteiger partial charge is 0.497 e. The van der Waals surface area contributed by atoms with Gasteiger partial charge in [0.25, 0.3) is 0 Å². The summed E-state index contributed by atoms with van der Waals surface area (Å²) in [5.74, 6) is -0.0936. The normalized spacial score (nSPS) is 12.1. The highest BCUT2D eigenvalue weighted by Crippen LogP contribution is 2.23. The fourth-order valence-corrected chi connectivity index (χ4v) is 4.59. The zero-order valence-corrected chi connectivity index (χ0v) is 22.3. The average molecular weight is 504 g/mol. The summed E-state index contributed by atoms with van der Waals surface area (Å²) in [5.41, 5.74) is 3.12. The van der Waals surface area contributed by atoms with E-state index in [9.17, 15) is 18.0 Å². The monoisotopic (exact) mass is 503 g/mol. The number of ether oxygens (including phenoxy) is 1. The van der Waals surface area contributed by atoms with Crippen molar-refractivity contribution in [1.82, 2.24) is 10.2 Å². The number of nitrogens with one attached hydrogen (secondary N) is 1. The minimum atomic E-state index is -3.76. The standard InChI is InChI=1S/C26H37N3O5S/c1-7-14-27-26(31)24(8-2)28(17-21-10-9-11-23(16-21)34-5)25(30)18-29(35(6,32)33)22-13-12-19(3)20(4)15-22/h9-13,15-16,24H,7-8,14,17-18H2,1-6H3,(H,27,31). The fourth-order valence-electron chi connectivity index (χ4n) is 3.75. The second kappa shape index (κ2) is 12.6. The van der Waals surface area contributed by atoms with Gasteiger partial charge in [0.2, 0.25) is 21.8 Å². The maximum Gasteiger partial charge on any atom is 0.244 e. The van der Waals surface area contributed by atoms with Gasteiger partial charge in [0.15, 0.2) is 0 Å². The van der Waals surface area contributed by atoms with Crippen LogP contribution in [0.5, 0.6) is 5.75 Å². The molecule has 2 aromatic carbocycles. The molecule has 0 aromatic heterocycles. The molecule has 0 saturated heterocycles. The van der Waals surface area contributed by atoms with E-state index in [1.807, 2.05) is 45.9 Å². The molecule has 0 aliphatic heterocycles. The van der Waals surface area contributed by atoms with Gasteiger partial charge in [-0.05, 0) is 67.6 Å². The van der Waals surface area contributed by atoms with Crippen molar-refractivity contribution >= 4 is 27.5 Å². The van der Waals surface area contributed by atoms with Gasteiger partial charge in [-0.1, -0.05) is 32.0 Å². The predicted molar refractivity (Wildman–Crippen MR) is 139 cm³/mol. The van der Waals surface area contributed by atoms with Crippen LogP contribution < -0.4 is 14.4 Å². The summed E-state index contributed by atoms with van der Waals surface area (Å²) >= 11 is 0. The molecule has 0 aliphatic carbocycles. The zero-order valence-electron chi connectivity index (χ0n) is 21.5. The van der Waals surface area contributed by atoms with E-state index in [0.717, 1.165) is 33.7 Å². The van der Waals surface area contributed by atoms with E-state index < -0.39 is 28.5 Å². The predicted octanol–water partition coefficient (Wildman–Crippen LogP) is 3.41. The third-order valence-corrected chi connectivity index (χ3v) is 7.02. The summed E-state index contributed by atoms with van der Waals surface area (Å²) in [5, 5.41) is 2.87. The minimum Gasteiger partial charge on any atom is -0.497 e. The van der Waals surface area contributed by atoms with Crippen LogP contribution >= 0.6 is 0 Å². The number of hydrogen-bond donors (Lipinski definition) is 1. The topological polar surface area (TPSA) is 96.0 Å². The van der Waals surface area contributed by atoms with Gasteiger partial charge in [-0.25, -0.2) is 8.42 Å². The number of hydrogen-bond acceptors (Lipinski definition) is 5. The number of carbonyl (C=O) groups excluding carboxylic acids is 2. The molecule has 0 spiro atoms. The van der Waals surface area contributed by atoms with Gasteiger partial charge < -0.3 is 15.0 Å². The van der Waals surface area contributed by atoms with Gasteiger partial charge in [0, 0.05) is 13.1 Å². The Balaban J connectivity index is 2.45. The van der Waals surface area contributed by atoms with Crippen LogP contribution in [0.15, 0.2) is 42.5 Å². The molecule has 0 fully saturated rings. The van der Waals surface area contributed by atoms with Crippen LogP contribution in [-0.2, 0) is 26.2 Å². The summed E-state index contributed by atoms with van der Waals surface area (Å²) in [6, 6.07) is 11.8. The molecule has 2 aromatic rings. The Hall–Kier alpha value is -3.07. The van der Waals surface area contributed by atoms with E-state index in [-0.39, 0.29) is 12.5 Å². The Morgan fingerprint density at radius 3 is 2.34 bits per heavy atom. The lowest BCUT2D eigenvalue weighted by atomic mass is 10.1. The number of amides is 2. The first kappa shape index (κ1) is 28.2. The maximum absolute atomic E-state index is 13.7. The van der Waals surface area contributed by atoms with E-state index in [0.29, 0.717) is 24.4 Å². The third kappa shape index (κ3) is 7.71. The summed E-state index contributed by atoms with van der Waals surface area (Å²) < 4.78 is 31.8. The van der Waals surface area contributed by atoms with E-state index in [2.05, 4.69) is 5.32 Å². The number of aryl methyl sites for hydroxylation is 2. The maximum atomic E-state index is 13.7. The molecule has 1 N–H and O–H groups in total. The van der Waals surface area contributed by atoms with Gasteiger partial charge in [-0.3, -0.25) is 13.9 Å². The molecule has 0 radical (unpaired) electrons. The SMILES string of the molecule is CCCNC(=O)C(CC)N(Cc1cccc(OC)c1)C(=O)CN(c1ccc(C)c(C)c1)S(C)(=O)=O. The number of anilines is 1. The summed E-state index contributed by atoms with van der Waals surface area (Å²) in [4.78, 5) is 28.1. The molecule has 0 bridgehead atoms. The number of carbonyl (C=O) groups is 2. The Morgan fingerprint density at radius 2 is 1.77 bits per heavy atom. The van der Waals surface area contributed by atoms with Crippen LogP contribution in [-0.4, -0.2) is 57.6 Å². The number of benzene rings is 2. The highest BCUT2D eigenvalue weighted by molar-refractivity contribution is 7.92. The molecule has 2 rings (SSSR count). The highest BCUT2D eigenvalue weighted by Gasteiger charge is 2.31. The van der Waals surface area contributed by atoms with Crippen molar-refractivity contribution in [3.8, 4) is 5.75 Å². The van der Waals surface area contributed by atoms with Crippen LogP contribution in [0.2, 0.25) is 0 Å². The Kier molecular flexibility index (Phi) is 10.1. The number of sulfonamides is 1. The van der Waals surface area contributed by atoms with Gasteiger partial charge >= 0.3 is 0 Å². The number of methoxy groups -OCH3 is 1. The van der Waals surface area contributed by atoms with Crippen molar-refractivity contribution in [2.24, 2.45) is 0 Å². The first-order valence-corrected chi connectivity index (χ1v) is 13.6. The van der Waals surface area contributed by atoms with Gasteiger partial charge in [-0.2, -0.15) is 0 Å². The highest BCUT2D eigenvalue weighted by atomic mass is 32.2. The lowest BCUT2D eigenvalue weighted by Gasteiger charge is -2.33. The summed E-state index contributed by atoms with van der Waals surface area (Å²) in [6.07, 6.45) is 2.22. The molecule has 1 atom stereocenters. The lowest BCUT2D eigenvalue weighted by molar-refractivity contribution is -0.140. The molecule has 192 valence electrons. The van der Waals surface area contributed by atoms with Crippen LogP contribution in [0.3, 0.4) is 0 Å². The molecular formula is C26H37N3O5S. The van der Waals surface area contributed by atoms with Crippen molar-refractivity contribution in [1.29, 1.82) is 0 Å². The third-order valence-electron chi connectivity index (χ3n) is 5.88. The molecule has 35 heavy (non-hydrogen) atoms. The van der Waals surface area contributed by atoms with Crippen molar-refractivity contribution in [2.75, 3.05) is 30.8 Å². The van der Waals surface area contributed by atoms with Crippen LogP contribution in [0.4, 0.5) is 5.69 Å². The molecule has 1 unspecified atom stereocenters. The average Bonchev–Trinajstić information content (AvgIpc) is 2.82. The summed E-state index contributed by atoms with van der Waals surface area (Å²) in [6.45, 7) is 7.83. The summed E-state index contributed by atoms with van der Waals surface area (Å²) in [7, 11) is -2.20. The smallest absolute Gasteiger partial charge is 0.244 e. The van der Waals surface area contributed by atoms with Gasteiger partial charge in [0.05, 0.1) is 19.1 Å². The van der Waals surface area contributed by atoms with Crippen LogP contribution in [0.25, 0.3) is 0 Å². The zero-order chi connectivity index (χ0) is 26.2. The second-order valence-corrected chi connectivity index (χ2v) is 10.5. The molecule has 0 heterocycles. The molecular weight excluding hydrogens is 466 g/mol. The van der Waals surface area contributed by atoms with Crippen molar-refractivity contribution in [3.63, 3.8) is 0 Å². The molecule has 9 heteroatoms. The van der Waals surface area contributed by atoms with E-state index in [4.69, 9.17) is 4.74 Å². The fraction of sp³-hybridized carbons (Fsp3) is 0.462.